The summed E-state index contributed by atoms with van der Waals surface area (Å²) in [5, 5.41) is 7.73. The summed E-state index contributed by atoms with van der Waals surface area (Å²) in [6, 6.07) is 10.6. The Morgan fingerprint density at radius 3 is 2.62 bits per heavy atom. The van der Waals surface area contributed by atoms with E-state index in [-0.39, 0.29) is 6.54 Å². The van der Waals surface area contributed by atoms with Gasteiger partial charge in [-0.3, -0.25) is 0 Å². The molecule has 5 nitrogen and oxygen atoms in total. The first-order valence-electron chi connectivity index (χ1n) is 5.07. The van der Waals surface area contributed by atoms with Gasteiger partial charge in [0, 0.05) is 13.6 Å². The number of anilines is 1. The number of aromatic nitrogens is 2. The van der Waals surface area contributed by atoms with Crippen LogP contribution in [-0.4, -0.2) is 17.2 Å². The maximum absolute atomic E-state index is 5.40. The second-order valence-electron chi connectivity index (χ2n) is 3.52. The Bertz CT molecular complexity index is 440. The normalized spacial score (nSPS) is 10.4. The molecule has 84 valence electrons. The van der Waals surface area contributed by atoms with E-state index >= 15 is 0 Å². The third kappa shape index (κ3) is 2.38. The lowest BCUT2D eigenvalue weighted by molar-refractivity contribution is 0.491. The standard InChI is InChI=1S/C11H14N4O/c1-15(8-9-5-3-2-4-6-9)11-14-13-10(7-12)16-11/h2-6H,7-8,12H2,1H3. The Labute approximate surface area is 93.9 Å². The van der Waals surface area contributed by atoms with Gasteiger partial charge in [0.15, 0.2) is 0 Å². The van der Waals surface area contributed by atoms with Gasteiger partial charge >= 0.3 is 6.01 Å². The number of nitrogens with zero attached hydrogens (tertiary/aromatic N) is 3. The monoisotopic (exact) mass is 218 g/mol. The number of nitrogens with two attached hydrogens (primary N) is 1. The lowest BCUT2D eigenvalue weighted by Crippen LogP contribution is -2.16. The molecule has 0 saturated heterocycles. The van der Waals surface area contributed by atoms with Crippen molar-refractivity contribution in [3.8, 4) is 0 Å². The van der Waals surface area contributed by atoms with E-state index in [4.69, 9.17) is 10.2 Å². The second-order valence-corrected chi connectivity index (χ2v) is 3.52. The Balaban J connectivity index is 2.05. The average Bonchev–Trinajstić information content (AvgIpc) is 2.79. The van der Waals surface area contributed by atoms with Crippen LogP contribution in [0.1, 0.15) is 11.5 Å². The zero-order valence-electron chi connectivity index (χ0n) is 9.13. The predicted molar refractivity (Wildman–Crippen MR) is 60.7 cm³/mol. The van der Waals surface area contributed by atoms with Gasteiger partial charge in [-0.1, -0.05) is 35.4 Å². The van der Waals surface area contributed by atoms with Gasteiger partial charge in [0.2, 0.25) is 5.89 Å². The van der Waals surface area contributed by atoms with Crippen LogP contribution < -0.4 is 10.6 Å². The van der Waals surface area contributed by atoms with Crippen LogP contribution in [0.25, 0.3) is 0 Å². The molecule has 0 saturated carbocycles. The average molecular weight is 218 g/mol. The molecule has 2 rings (SSSR count). The fraction of sp³-hybridized carbons (Fsp3) is 0.273. The van der Waals surface area contributed by atoms with Gasteiger partial charge < -0.3 is 15.1 Å². The highest BCUT2D eigenvalue weighted by atomic mass is 16.4. The van der Waals surface area contributed by atoms with E-state index in [0.717, 1.165) is 6.54 Å². The summed E-state index contributed by atoms with van der Waals surface area (Å²) < 4.78 is 5.35. The van der Waals surface area contributed by atoms with Gasteiger partial charge in [-0.05, 0) is 5.56 Å². The lowest BCUT2D eigenvalue weighted by atomic mass is 10.2. The number of hydrogen-bond acceptors (Lipinski definition) is 5. The summed E-state index contributed by atoms with van der Waals surface area (Å²) in [6.07, 6.45) is 0. The van der Waals surface area contributed by atoms with Crippen LogP contribution in [0, 0.1) is 0 Å². The second kappa shape index (κ2) is 4.76. The van der Waals surface area contributed by atoms with Crippen molar-refractivity contribution in [1.82, 2.24) is 10.2 Å². The van der Waals surface area contributed by atoms with Crippen LogP contribution in [-0.2, 0) is 13.1 Å². The van der Waals surface area contributed by atoms with E-state index < -0.39 is 0 Å². The first kappa shape index (κ1) is 10.6. The van der Waals surface area contributed by atoms with Crippen LogP contribution in [0.5, 0.6) is 0 Å². The Kier molecular flexibility index (Phi) is 3.16. The van der Waals surface area contributed by atoms with Crippen molar-refractivity contribution in [2.75, 3.05) is 11.9 Å². The highest BCUT2D eigenvalue weighted by Gasteiger charge is 2.09. The molecule has 0 fully saturated rings. The zero-order valence-corrected chi connectivity index (χ0v) is 9.13. The molecule has 2 N–H and O–H groups in total. The van der Waals surface area contributed by atoms with E-state index in [9.17, 15) is 0 Å². The maximum Gasteiger partial charge on any atom is 0.318 e. The molecule has 0 aliphatic rings. The SMILES string of the molecule is CN(Cc1ccccc1)c1nnc(CN)o1. The molecule has 1 aromatic carbocycles. The van der Waals surface area contributed by atoms with E-state index in [1.54, 1.807) is 0 Å². The van der Waals surface area contributed by atoms with Crippen molar-refractivity contribution in [1.29, 1.82) is 0 Å². The molecule has 0 spiro atoms. The molecule has 0 unspecified atom stereocenters. The molecule has 0 radical (unpaired) electrons. The first-order valence-corrected chi connectivity index (χ1v) is 5.07. The van der Waals surface area contributed by atoms with Gasteiger partial charge in [-0.2, -0.15) is 0 Å². The Hall–Kier alpha value is -1.88. The summed E-state index contributed by atoms with van der Waals surface area (Å²) >= 11 is 0. The molecule has 0 atom stereocenters. The largest absolute Gasteiger partial charge is 0.407 e. The van der Waals surface area contributed by atoms with Gasteiger partial charge in [0.25, 0.3) is 0 Å². The quantitative estimate of drug-likeness (QED) is 0.834. The predicted octanol–water partition coefficient (Wildman–Crippen LogP) is 1.16. The molecule has 0 aliphatic heterocycles. The van der Waals surface area contributed by atoms with Gasteiger partial charge in [-0.15, -0.1) is 5.10 Å². The molecule has 0 bridgehead atoms. The fourth-order valence-electron chi connectivity index (χ4n) is 1.41. The van der Waals surface area contributed by atoms with Gasteiger partial charge in [-0.25, -0.2) is 0 Å². The van der Waals surface area contributed by atoms with Crippen molar-refractivity contribution in [2.45, 2.75) is 13.1 Å². The lowest BCUT2D eigenvalue weighted by Gasteiger charge is -2.13. The molecule has 5 heteroatoms. The summed E-state index contributed by atoms with van der Waals surface area (Å²) in [5.41, 5.74) is 6.59. The van der Waals surface area contributed by atoms with Crippen LogP contribution >= 0.6 is 0 Å². The van der Waals surface area contributed by atoms with Crippen molar-refractivity contribution < 1.29 is 4.42 Å². The highest BCUT2D eigenvalue weighted by molar-refractivity contribution is 5.26. The van der Waals surface area contributed by atoms with E-state index in [1.165, 1.54) is 5.56 Å². The summed E-state index contributed by atoms with van der Waals surface area (Å²) in [4.78, 5) is 1.89. The van der Waals surface area contributed by atoms with Crippen LogP contribution in [0.2, 0.25) is 0 Å². The molecular weight excluding hydrogens is 204 g/mol. The Morgan fingerprint density at radius 2 is 2.00 bits per heavy atom. The molecule has 16 heavy (non-hydrogen) atoms. The zero-order chi connectivity index (χ0) is 11.4. The van der Waals surface area contributed by atoms with E-state index in [1.807, 2.05) is 30.1 Å². The van der Waals surface area contributed by atoms with Crippen molar-refractivity contribution >= 4 is 6.01 Å². The molecule has 0 aliphatic carbocycles. The van der Waals surface area contributed by atoms with Crippen molar-refractivity contribution in [2.24, 2.45) is 5.73 Å². The number of benzene rings is 1. The third-order valence-corrected chi connectivity index (χ3v) is 2.22. The molecular formula is C11H14N4O. The molecule has 1 aromatic heterocycles. The minimum Gasteiger partial charge on any atom is -0.407 e. The van der Waals surface area contributed by atoms with Crippen LogP contribution in [0.3, 0.4) is 0 Å². The third-order valence-electron chi connectivity index (χ3n) is 2.22. The molecule has 0 amide bonds. The first-order chi connectivity index (χ1) is 7.79. The van der Waals surface area contributed by atoms with E-state index in [0.29, 0.717) is 11.9 Å². The van der Waals surface area contributed by atoms with Crippen LogP contribution in [0.15, 0.2) is 34.7 Å². The van der Waals surface area contributed by atoms with Gasteiger partial charge in [0.05, 0.1) is 6.54 Å². The Morgan fingerprint density at radius 1 is 1.25 bits per heavy atom. The van der Waals surface area contributed by atoms with Gasteiger partial charge in [0.1, 0.15) is 0 Å². The van der Waals surface area contributed by atoms with E-state index in [2.05, 4.69) is 22.3 Å². The maximum atomic E-state index is 5.40. The van der Waals surface area contributed by atoms with Crippen molar-refractivity contribution in [3.05, 3.63) is 41.8 Å². The number of rotatable bonds is 4. The molecule has 2 aromatic rings. The smallest absolute Gasteiger partial charge is 0.318 e. The molecule has 1 heterocycles. The summed E-state index contributed by atoms with van der Waals surface area (Å²) in [6.45, 7) is 0.999. The van der Waals surface area contributed by atoms with Crippen LogP contribution in [0.4, 0.5) is 6.01 Å². The number of hydrogen-bond donors (Lipinski definition) is 1. The minimum absolute atomic E-state index is 0.270. The topological polar surface area (TPSA) is 68.2 Å². The summed E-state index contributed by atoms with van der Waals surface area (Å²) in [7, 11) is 1.90. The summed E-state index contributed by atoms with van der Waals surface area (Å²) in [5.74, 6) is 0.454. The highest BCUT2D eigenvalue weighted by Crippen LogP contribution is 2.13. The van der Waals surface area contributed by atoms with Crippen molar-refractivity contribution in [3.63, 3.8) is 0 Å². The fourth-order valence-corrected chi connectivity index (χ4v) is 1.41. The minimum atomic E-state index is 0.270.